The molecule has 1 fully saturated rings. The molecule has 2 aliphatic carbocycles. The lowest BCUT2D eigenvalue weighted by Gasteiger charge is -2.48. The van der Waals surface area contributed by atoms with E-state index >= 15 is 0 Å². The molecule has 0 N–H and O–H groups in total. The first kappa shape index (κ1) is 19.2. The van der Waals surface area contributed by atoms with Crippen LogP contribution in [0.15, 0.2) is 60.6 Å². The molecule has 30 heavy (non-hydrogen) atoms. The van der Waals surface area contributed by atoms with Crippen molar-refractivity contribution < 1.29 is 9.13 Å². The van der Waals surface area contributed by atoms with Gasteiger partial charge in [-0.3, -0.25) is 4.98 Å². The molecule has 2 heterocycles. The number of nitrogens with zero attached hydrogens (tertiary/aromatic N) is 3. The molecule has 0 unspecified atom stereocenters. The Labute approximate surface area is 176 Å². The zero-order valence-electron chi connectivity index (χ0n) is 17.4. The molecule has 0 amide bonds. The summed E-state index contributed by atoms with van der Waals surface area (Å²) in [5, 5.41) is 4.65. The number of hydrogen-bond acceptors (Lipinski definition) is 3. The number of aromatic nitrogens is 3. The van der Waals surface area contributed by atoms with Crippen molar-refractivity contribution >= 4 is 6.08 Å². The Bertz CT molecular complexity index is 1070. The summed E-state index contributed by atoms with van der Waals surface area (Å²) in [5.74, 6) is 0.148. The molecular formula is C25H26FN3O. The topological polar surface area (TPSA) is 39.9 Å². The molecule has 1 saturated carbocycles. The van der Waals surface area contributed by atoms with E-state index in [1.54, 1.807) is 12.1 Å². The summed E-state index contributed by atoms with van der Waals surface area (Å²) >= 11 is 0. The summed E-state index contributed by atoms with van der Waals surface area (Å²) in [5.41, 5.74) is 5.91. The van der Waals surface area contributed by atoms with Crippen molar-refractivity contribution in [2.45, 2.75) is 38.7 Å². The molecule has 0 radical (unpaired) electrons. The second kappa shape index (κ2) is 7.47. The maximum absolute atomic E-state index is 13.4. The molecule has 0 spiro atoms. The molecule has 1 aromatic carbocycles. The third-order valence-electron chi connectivity index (χ3n) is 6.99. The fourth-order valence-corrected chi connectivity index (χ4v) is 5.44. The molecule has 0 aliphatic heterocycles. The van der Waals surface area contributed by atoms with Crippen LogP contribution in [0.4, 0.5) is 4.39 Å². The van der Waals surface area contributed by atoms with Gasteiger partial charge >= 0.3 is 0 Å². The van der Waals surface area contributed by atoms with Gasteiger partial charge in [0, 0.05) is 19.5 Å². The molecule has 2 aliphatic rings. The van der Waals surface area contributed by atoms with E-state index in [0.717, 1.165) is 37.1 Å². The number of pyridine rings is 1. The highest BCUT2D eigenvalue weighted by Gasteiger charge is 2.47. The zero-order chi connectivity index (χ0) is 20.7. The standard InChI is InChI=1S/C25H26FN3O/c1-25-15-18-16-28-29(21-8-6-20(26)7-9-21)23(18)14-19(25)4-3-5-22(25)24(30-2)17-10-12-27-13-11-17/h6-14,16,22,24H,3-5,15H2,1-2H3/t22-,24+,25+/m1/s1. The molecule has 2 aromatic heterocycles. The van der Waals surface area contributed by atoms with E-state index in [2.05, 4.69) is 35.2 Å². The van der Waals surface area contributed by atoms with Crippen LogP contribution < -0.4 is 0 Å². The summed E-state index contributed by atoms with van der Waals surface area (Å²) in [6.45, 7) is 2.38. The van der Waals surface area contributed by atoms with Crippen molar-refractivity contribution in [2.24, 2.45) is 11.3 Å². The normalized spacial score (nSPS) is 24.0. The number of halogens is 1. The van der Waals surface area contributed by atoms with Gasteiger partial charge in [0.1, 0.15) is 5.82 Å². The Balaban J connectivity index is 1.54. The van der Waals surface area contributed by atoms with Crippen LogP contribution >= 0.6 is 0 Å². The van der Waals surface area contributed by atoms with Crippen molar-refractivity contribution in [3.05, 3.63) is 83.2 Å². The Kier molecular flexibility index (Phi) is 4.78. The minimum atomic E-state index is -0.234. The van der Waals surface area contributed by atoms with Gasteiger partial charge in [0.25, 0.3) is 0 Å². The van der Waals surface area contributed by atoms with Crippen molar-refractivity contribution in [1.29, 1.82) is 0 Å². The number of rotatable bonds is 4. The van der Waals surface area contributed by atoms with Crippen LogP contribution in [-0.2, 0) is 11.2 Å². The van der Waals surface area contributed by atoms with Crippen molar-refractivity contribution in [1.82, 2.24) is 14.8 Å². The van der Waals surface area contributed by atoms with Crippen molar-refractivity contribution in [3.63, 3.8) is 0 Å². The molecule has 0 bridgehead atoms. The molecule has 0 saturated heterocycles. The minimum absolute atomic E-state index is 0.0197. The van der Waals surface area contributed by atoms with Crippen LogP contribution in [-0.4, -0.2) is 21.9 Å². The van der Waals surface area contributed by atoms with Gasteiger partial charge in [0.15, 0.2) is 0 Å². The third kappa shape index (κ3) is 3.08. The van der Waals surface area contributed by atoms with Gasteiger partial charge < -0.3 is 4.74 Å². The van der Waals surface area contributed by atoms with E-state index < -0.39 is 0 Å². The highest BCUT2D eigenvalue weighted by molar-refractivity contribution is 5.61. The van der Waals surface area contributed by atoms with E-state index in [4.69, 9.17) is 4.74 Å². The van der Waals surface area contributed by atoms with Gasteiger partial charge in [-0.1, -0.05) is 12.5 Å². The van der Waals surface area contributed by atoms with E-state index in [1.807, 2.05) is 30.4 Å². The first-order valence-electron chi connectivity index (χ1n) is 10.6. The van der Waals surface area contributed by atoms with Gasteiger partial charge in [-0.15, -0.1) is 0 Å². The van der Waals surface area contributed by atoms with E-state index in [1.165, 1.54) is 28.8 Å². The second-order valence-corrected chi connectivity index (χ2v) is 8.64. The smallest absolute Gasteiger partial charge is 0.123 e. The van der Waals surface area contributed by atoms with Crippen LogP contribution in [0.2, 0.25) is 0 Å². The maximum Gasteiger partial charge on any atom is 0.123 e. The lowest BCUT2D eigenvalue weighted by Crippen LogP contribution is -2.40. The number of fused-ring (bicyclic) bond motifs is 2. The van der Waals surface area contributed by atoms with E-state index in [-0.39, 0.29) is 17.3 Å². The van der Waals surface area contributed by atoms with E-state index in [9.17, 15) is 4.39 Å². The van der Waals surface area contributed by atoms with Crippen LogP contribution in [0.1, 0.15) is 49.1 Å². The first-order valence-corrected chi connectivity index (χ1v) is 10.6. The number of ether oxygens (including phenoxy) is 1. The van der Waals surface area contributed by atoms with Gasteiger partial charge in [-0.05, 0) is 90.6 Å². The number of methoxy groups -OCH3 is 1. The van der Waals surface area contributed by atoms with Gasteiger partial charge in [0.05, 0.1) is 23.7 Å². The van der Waals surface area contributed by atoms with Gasteiger partial charge in [-0.2, -0.15) is 5.10 Å². The molecule has 154 valence electrons. The predicted molar refractivity (Wildman–Crippen MR) is 115 cm³/mol. The van der Waals surface area contributed by atoms with Crippen LogP contribution in [0.5, 0.6) is 0 Å². The Morgan fingerprint density at radius 3 is 2.67 bits per heavy atom. The molecule has 5 heteroatoms. The highest BCUT2D eigenvalue weighted by Crippen LogP contribution is 2.55. The highest BCUT2D eigenvalue weighted by atomic mass is 19.1. The van der Waals surface area contributed by atoms with Crippen LogP contribution in [0.3, 0.4) is 0 Å². The largest absolute Gasteiger partial charge is 0.376 e. The lowest BCUT2D eigenvalue weighted by molar-refractivity contribution is -0.0115. The summed E-state index contributed by atoms with van der Waals surface area (Å²) in [6, 6.07) is 10.7. The fraction of sp³-hybridized carbons (Fsp3) is 0.360. The monoisotopic (exact) mass is 403 g/mol. The predicted octanol–water partition coefficient (Wildman–Crippen LogP) is 5.54. The van der Waals surface area contributed by atoms with E-state index in [0.29, 0.717) is 5.92 Å². The van der Waals surface area contributed by atoms with Crippen LogP contribution in [0.25, 0.3) is 11.8 Å². The molecule has 4 nitrogen and oxygen atoms in total. The fourth-order valence-electron chi connectivity index (χ4n) is 5.44. The number of allylic oxidation sites excluding steroid dienone is 1. The summed E-state index contributed by atoms with van der Waals surface area (Å²) in [7, 11) is 1.81. The average molecular weight is 404 g/mol. The zero-order valence-corrected chi connectivity index (χ0v) is 17.4. The quantitative estimate of drug-likeness (QED) is 0.574. The first-order chi connectivity index (χ1) is 14.6. The van der Waals surface area contributed by atoms with Gasteiger partial charge in [-0.25, -0.2) is 9.07 Å². The lowest BCUT2D eigenvalue weighted by atomic mass is 9.57. The van der Waals surface area contributed by atoms with Crippen LogP contribution in [0, 0.1) is 17.2 Å². The molecule has 3 aromatic rings. The summed E-state index contributed by atoms with van der Waals surface area (Å²) in [6.07, 6.45) is 12.3. The molecule has 5 rings (SSSR count). The molecule has 3 atom stereocenters. The Morgan fingerprint density at radius 1 is 1.17 bits per heavy atom. The minimum Gasteiger partial charge on any atom is -0.376 e. The Hall–Kier alpha value is -2.79. The SMILES string of the molecule is CO[C@@H](c1ccncc1)[C@H]1CCCC2=Cc3c(cnn3-c3ccc(F)cc3)C[C@@]21C. The third-order valence-corrected chi connectivity index (χ3v) is 6.99. The Morgan fingerprint density at radius 2 is 1.93 bits per heavy atom. The number of benzene rings is 1. The maximum atomic E-state index is 13.4. The molecular weight excluding hydrogens is 377 g/mol. The van der Waals surface area contributed by atoms with Gasteiger partial charge in [0.2, 0.25) is 0 Å². The summed E-state index contributed by atoms with van der Waals surface area (Å²) < 4.78 is 21.4. The number of hydrogen-bond donors (Lipinski definition) is 0. The summed E-state index contributed by atoms with van der Waals surface area (Å²) in [4.78, 5) is 4.17. The van der Waals surface area contributed by atoms with Crippen molar-refractivity contribution in [2.75, 3.05) is 7.11 Å². The van der Waals surface area contributed by atoms with Crippen molar-refractivity contribution in [3.8, 4) is 5.69 Å². The average Bonchev–Trinajstić information content (AvgIpc) is 3.16. The second-order valence-electron chi connectivity index (χ2n) is 8.64.